The van der Waals surface area contributed by atoms with Crippen LogP contribution in [0, 0.1) is 12.3 Å². The Morgan fingerprint density at radius 1 is 1.25 bits per heavy atom. The van der Waals surface area contributed by atoms with Gasteiger partial charge in [0, 0.05) is 18.5 Å². The average molecular weight is 163 g/mol. The van der Waals surface area contributed by atoms with E-state index in [1.807, 2.05) is 0 Å². The van der Waals surface area contributed by atoms with Crippen molar-refractivity contribution in [2.45, 2.75) is 44.1 Å². The SMILES string of the molecule is C#CCCN1CCCC12CCC2. The van der Waals surface area contributed by atoms with Gasteiger partial charge in [0.2, 0.25) is 0 Å². The van der Waals surface area contributed by atoms with Crippen LogP contribution in [0.15, 0.2) is 0 Å². The molecule has 1 heterocycles. The quantitative estimate of drug-likeness (QED) is 0.563. The summed E-state index contributed by atoms with van der Waals surface area (Å²) in [6, 6.07) is 0. The summed E-state index contributed by atoms with van der Waals surface area (Å²) in [5.74, 6) is 2.74. The zero-order valence-corrected chi connectivity index (χ0v) is 7.68. The van der Waals surface area contributed by atoms with E-state index in [2.05, 4.69) is 10.8 Å². The van der Waals surface area contributed by atoms with Gasteiger partial charge in [-0.25, -0.2) is 0 Å². The van der Waals surface area contributed by atoms with E-state index in [-0.39, 0.29) is 0 Å². The van der Waals surface area contributed by atoms with Crippen molar-refractivity contribution < 1.29 is 0 Å². The molecule has 1 nitrogen and oxygen atoms in total. The Hall–Kier alpha value is -0.480. The summed E-state index contributed by atoms with van der Waals surface area (Å²) in [5.41, 5.74) is 0.622. The predicted molar refractivity (Wildman–Crippen MR) is 50.8 cm³/mol. The first-order chi connectivity index (χ1) is 5.87. The van der Waals surface area contributed by atoms with Gasteiger partial charge >= 0.3 is 0 Å². The van der Waals surface area contributed by atoms with Crippen molar-refractivity contribution in [3.8, 4) is 12.3 Å². The Kier molecular flexibility index (Phi) is 2.11. The highest BCUT2D eigenvalue weighted by Crippen LogP contribution is 2.45. The second kappa shape index (κ2) is 3.11. The highest BCUT2D eigenvalue weighted by Gasteiger charge is 2.44. The predicted octanol–water partition coefficient (Wildman–Crippen LogP) is 2.03. The van der Waals surface area contributed by atoms with Crippen LogP contribution in [-0.4, -0.2) is 23.5 Å². The Balaban J connectivity index is 1.91. The minimum atomic E-state index is 0.622. The summed E-state index contributed by atoms with van der Waals surface area (Å²) in [6.45, 7) is 2.43. The number of nitrogens with zero attached hydrogens (tertiary/aromatic N) is 1. The first-order valence-electron chi connectivity index (χ1n) is 5.06. The molecule has 2 rings (SSSR count). The van der Waals surface area contributed by atoms with E-state index in [1.165, 1.54) is 38.6 Å². The molecule has 0 aromatic rings. The molecule has 2 fully saturated rings. The number of hydrogen-bond acceptors (Lipinski definition) is 1. The summed E-state index contributed by atoms with van der Waals surface area (Å²) in [6.07, 6.45) is 13.3. The smallest absolute Gasteiger partial charge is 0.0214 e. The van der Waals surface area contributed by atoms with Gasteiger partial charge in [0.15, 0.2) is 0 Å². The fourth-order valence-electron chi connectivity index (χ4n) is 2.69. The van der Waals surface area contributed by atoms with Crippen LogP contribution in [0.5, 0.6) is 0 Å². The lowest BCUT2D eigenvalue weighted by Crippen LogP contribution is -2.49. The summed E-state index contributed by atoms with van der Waals surface area (Å²) in [5, 5.41) is 0. The van der Waals surface area contributed by atoms with Crippen molar-refractivity contribution in [1.29, 1.82) is 0 Å². The molecule has 1 spiro atoms. The summed E-state index contributed by atoms with van der Waals surface area (Å²) >= 11 is 0. The van der Waals surface area contributed by atoms with Gasteiger partial charge in [-0.05, 0) is 38.6 Å². The third-order valence-electron chi connectivity index (χ3n) is 3.55. The maximum Gasteiger partial charge on any atom is 0.0214 e. The maximum atomic E-state index is 5.28. The monoisotopic (exact) mass is 163 g/mol. The summed E-state index contributed by atoms with van der Waals surface area (Å²) < 4.78 is 0. The van der Waals surface area contributed by atoms with Gasteiger partial charge in [-0.15, -0.1) is 12.3 Å². The van der Waals surface area contributed by atoms with E-state index in [0.29, 0.717) is 5.54 Å². The third-order valence-corrected chi connectivity index (χ3v) is 3.55. The third kappa shape index (κ3) is 1.15. The maximum absolute atomic E-state index is 5.28. The van der Waals surface area contributed by atoms with Gasteiger partial charge in [-0.1, -0.05) is 0 Å². The second-order valence-electron chi connectivity index (χ2n) is 4.12. The molecular weight excluding hydrogens is 146 g/mol. The van der Waals surface area contributed by atoms with Crippen molar-refractivity contribution in [1.82, 2.24) is 4.90 Å². The molecule has 1 heteroatoms. The van der Waals surface area contributed by atoms with Crippen LogP contribution in [0.3, 0.4) is 0 Å². The van der Waals surface area contributed by atoms with Crippen LogP contribution < -0.4 is 0 Å². The van der Waals surface area contributed by atoms with Crippen molar-refractivity contribution in [2.75, 3.05) is 13.1 Å². The summed E-state index contributed by atoms with van der Waals surface area (Å²) in [4.78, 5) is 2.64. The lowest BCUT2D eigenvalue weighted by atomic mass is 9.75. The molecule has 1 saturated heterocycles. The van der Waals surface area contributed by atoms with Gasteiger partial charge in [-0.3, -0.25) is 4.90 Å². The van der Waals surface area contributed by atoms with Crippen LogP contribution in [-0.2, 0) is 0 Å². The van der Waals surface area contributed by atoms with Crippen molar-refractivity contribution in [3.63, 3.8) is 0 Å². The molecule has 0 aromatic heterocycles. The number of hydrogen-bond donors (Lipinski definition) is 0. The molecule has 1 aliphatic carbocycles. The van der Waals surface area contributed by atoms with Crippen LogP contribution in [0.4, 0.5) is 0 Å². The molecule has 0 atom stereocenters. The van der Waals surface area contributed by atoms with E-state index in [0.717, 1.165) is 13.0 Å². The fourth-order valence-corrected chi connectivity index (χ4v) is 2.69. The molecule has 0 bridgehead atoms. The van der Waals surface area contributed by atoms with Gasteiger partial charge in [-0.2, -0.15) is 0 Å². The molecule has 1 aliphatic heterocycles. The molecule has 12 heavy (non-hydrogen) atoms. The van der Waals surface area contributed by atoms with E-state index >= 15 is 0 Å². The Morgan fingerprint density at radius 2 is 2.00 bits per heavy atom. The molecule has 0 unspecified atom stereocenters. The Bertz CT molecular complexity index is 198. The molecule has 2 aliphatic rings. The largest absolute Gasteiger partial charge is 0.297 e. The molecule has 0 amide bonds. The lowest BCUT2D eigenvalue weighted by Gasteiger charge is -2.46. The zero-order valence-electron chi connectivity index (χ0n) is 7.68. The number of terminal acetylenes is 1. The topological polar surface area (TPSA) is 3.24 Å². The number of rotatable bonds is 2. The van der Waals surface area contributed by atoms with E-state index in [4.69, 9.17) is 6.42 Å². The van der Waals surface area contributed by atoms with Gasteiger partial charge < -0.3 is 0 Å². The fraction of sp³-hybridized carbons (Fsp3) is 0.818. The molecule has 0 aromatic carbocycles. The zero-order chi connectivity index (χ0) is 8.44. The van der Waals surface area contributed by atoms with Crippen LogP contribution in [0.1, 0.15) is 38.5 Å². The normalized spacial score (nSPS) is 26.9. The Morgan fingerprint density at radius 3 is 2.58 bits per heavy atom. The first kappa shape index (κ1) is 8.13. The van der Waals surface area contributed by atoms with Crippen molar-refractivity contribution in [3.05, 3.63) is 0 Å². The molecule has 0 radical (unpaired) electrons. The molecule has 66 valence electrons. The molecule has 1 saturated carbocycles. The minimum Gasteiger partial charge on any atom is -0.297 e. The van der Waals surface area contributed by atoms with Gasteiger partial charge in [0.25, 0.3) is 0 Å². The summed E-state index contributed by atoms with van der Waals surface area (Å²) in [7, 11) is 0. The lowest BCUT2D eigenvalue weighted by molar-refractivity contribution is 0.0582. The van der Waals surface area contributed by atoms with E-state index in [1.54, 1.807) is 0 Å². The van der Waals surface area contributed by atoms with Crippen molar-refractivity contribution in [2.24, 2.45) is 0 Å². The Labute approximate surface area is 75.1 Å². The first-order valence-corrected chi connectivity index (χ1v) is 5.06. The van der Waals surface area contributed by atoms with Crippen LogP contribution >= 0.6 is 0 Å². The van der Waals surface area contributed by atoms with Crippen molar-refractivity contribution >= 4 is 0 Å². The highest BCUT2D eigenvalue weighted by atomic mass is 15.2. The van der Waals surface area contributed by atoms with Gasteiger partial charge in [0.1, 0.15) is 0 Å². The second-order valence-corrected chi connectivity index (χ2v) is 4.12. The molecule has 0 N–H and O–H groups in total. The molecular formula is C11H17N. The van der Waals surface area contributed by atoms with Gasteiger partial charge in [0.05, 0.1) is 0 Å². The van der Waals surface area contributed by atoms with E-state index < -0.39 is 0 Å². The standard InChI is InChI=1S/C11H17N/c1-2-3-9-12-10-5-8-11(12)6-4-7-11/h1H,3-10H2. The minimum absolute atomic E-state index is 0.622. The highest BCUT2D eigenvalue weighted by molar-refractivity contribution is 5.02. The van der Waals surface area contributed by atoms with Crippen LogP contribution in [0.25, 0.3) is 0 Å². The van der Waals surface area contributed by atoms with Crippen LogP contribution in [0.2, 0.25) is 0 Å². The average Bonchev–Trinajstić information content (AvgIpc) is 2.42. The van der Waals surface area contributed by atoms with E-state index in [9.17, 15) is 0 Å². The number of likely N-dealkylation sites (tertiary alicyclic amines) is 1.